The third-order valence-corrected chi connectivity index (χ3v) is 2.33. The van der Waals surface area contributed by atoms with Crippen LogP contribution in [0, 0.1) is 5.92 Å². The van der Waals surface area contributed by atoms with Crippen molar-refractivity contribution in [3.63, 3.8) is 0 Å². The summed E-state index contributed by atoms with van der Waals surface area (Å²) in [5.41, 5.74) is 5.11. The molecule has 0 atom stereocenters. The van der Waals surface area contributed by atoms with E-state index in [2.05, 4.69) is 11.9 Å². The molecule has 0 aromatic carbocycles. The average molecular weight is 193 g/mol. The Morgan fingerprint density at radius 2 is 2.00 bits per heavy atom. The number of carbonyl (C=O) groups is 1. The minimum atomic E-state index is -0.153. The van der Waals surface area contributed by atoms with Crippen molar-refractivity contribution in [3.8, 4) is 0 Å². The molecule has 0 spiro atoms. The van der Waals surface area contributed by atoms with E-state index in [9.17, 15) is 4.79 Å². The van der Waals surface area contributed by atoms with E-state index >= 15 is 0 Å². The molecule has 3 nitrogen and oxygen atoms in total. The molecule has 0 saturated carbocycles. The van der Waals surface area contributed by atoms with Crippen molar-refractivity contribution in [1.82, 2.24) is 4.90 Å². The van der Waals surface area contributed by atoms with Crippen LogP contribution in [0.2, 0.25) is 0 Å². The van der Waals surface area contributed by atoms with Gasteiger partial charge in [0.25, 0.3) is 0 Å². The van der Waals surface area contributed by atoms with Gasteiger partial charge in [-0.2, -0.15) is 0 Å². The van der Waals surface area contributed by atoms with E-state index in [-0.39, 0.29) is 18.3 Å². The highest BCUT2D eigenvalue weighted by molar-refractivity contribution is 5.85. The molecule has 0 aromatic heterocycles. The van der Waals surface area contributed by atoms with Crippen molar-refractivity contribution in [2.75, 3.05) is 20.1 Å². The van der Waals surface area contributed by atoms with Crippen LogP contribution in [0.4, 0.5) is 0 Å². The molecule has 72 valence electrons. The van der Waals surface area contributed by atoms with Crippen LogP contribution in [0.5, 0.6) is 0 Å². The maximum atomic E-state index is 10.6. The second-order valence-electron chi connectivity index (χ2n) is 3.42. The Balaban J connectivity index is 0.00000121. The molecule has 1 fully saturated rings. The van der Waals surface area contributed by atoms with Crippen LogP contribution in [-0.2, 0) is 4.79 Å². The number of amides is 1. The van der Waals surface area contributed by atoms with Crippen LogP contribution in [0.3, 0.4) is 0 Å². The lowest BCUT2D eigenvalue weighted by atomic mass is 9.94. The molecule has 12 heavy (non-hydrogen) atoms. The number of halogens is 1. The highest BCUT2D eigenvalue weighted by Crippen LogP contribution is 2.18. The second-order valence-corrected chi connectivity index (χ2v) is 3.42. The quantitative estimate of drug-likeness (QED) is 0.698. The van der Waals surface area contributed by atoms with E-state index in [1.165, 1.54) is 0 Å². The van der Waals surface area contributed by atoms with Crippen molar-refractivity contribution in [3.05, 3.63) is 0 Å². The first-order valence-corrected chi connectivity index (χ1v) is 4.15. The highest BCUT2D eigenvalue weighted by atomic mass is 35.5. The van der Waals surface area contributed by atoms with Gasteiger partial charge in [-0.1, -0.05) is 0 Å². The van der Waals surface area contributed by atoms with Crippen molar-refractivity contribution < 1.29 is 4.79 Å². The van der Waals surface area contributed by atoms with E-state index in [1.807, 2.05) is 0 Å². The van der Waals surface area contributed by atoms with E-state index < -0.39 is 0 Å². The predicted octanol–water partition coefficient (Wildman–Crippen LogP) is 0.625. The third kappa shape index (κ3) is 3.93. The number of likely N-dealkylation sites (tertiary alicyclic amines) is 1. The number of piperidine rings is 1. The Bertz CT molecular complexity index is 144. The van der Waals surface area contributed by atoms with Crippen LogP contribution in [0.25, 0.3) is 0 Å². The number of nitrogens with zero attached hydrogens (tertiary/aromatic N) is 1. The Kier molecular flexibility index (Phi) is 5.25. The summed E-state index contributed by atoms with van der Waals surface area (Å²) < 4.78 is 0. The summed E-state index contributed by atoms with van der Waals surface area (Å²) in [6, 6.07) is 0. The van der Waals surface area contributed by atoms with Gasteiger partial charge in [0, 0.05) is 6.42 Å². The zero-order chi connectivity index (χ0) is 8.27. The first-order chi connectivity index (χ1) is 5.18. The Morgan fingerprint density at radius 3 is 2.42 bits per heavy atom. The zero-order valence-corrected chi connectivity index (χ0v) is 8.27. The molecule has 1 rings (SSSR count). The van der Waals surface area contributed by atoms with E-state index in [0.717, 1.165) is 25.9 Å². The molecule has 2 N–H and O–H groups in total. The Labute approximate surface area is 79.7 Å². The standard InChI is InChI=1S/C8H16N2O.ClH/c1-10-4-2-7(3-5-10)6-8(9)11;/h7H,2-6H2,1H3,(H2,9,11);1H. The van der Waals surface area contributed by atoms with Crippen LogP contribution in [-0.4, -0.2) is 30.9 Å². The van der Waals surface area contributed by atoms with E-state index in [0.29, 0.717) is 12.3 Å². The molecule has 1 heterocycles. The molecular weight excluding hydrogens is 176 g/mol. The first kappa shape index (κ1) is 11.7. The van der Waals surface area contributed by atoms with Crippen molar-refractivity contribution in [2.45, 2.75) is 19.3 Å². The second kappa shape index (κ2) is 5.38. The van der Waals surface area contributed by atoms with Gasteiger partial charge in [-0.05, 0) is 38.9 Å². The molecule has 0 aromatic rings. The largest absolute Gasteiger partial charge is 0.370 e. The molecule has 1 aliphatic heterocycles. The maximum absolute atomic E-state index is 10.6. The summed E-state index contributed by atoms with van der Waals surface area (Å²) in [5, 5.41) is 0. The third-order valence-electron chi connectivity index (χ3n) is 2.33. The fourth-order valence-electron chi connectivity index (χ4n) is 1.55. The van der Waals surface area contributed by atoms with Crippen LogP contribution in [0.15, 0.2) is 0 Å². The van der Waals surface area contributed by atoms with Gasteiger partial charge in [0.1, 0.15) is 0 Å². The minimum absolute atomic E-state index is 0. The summed E-state index contributed by atoms with van der Waals surface area (Å²) in [6.45, 7) is 2.22. The van der Waals surface area contributed by atoms with Crippen molar-refractivity contribution in [1.29, 1.82) is 0 Å². The first-order valence-electron chi connectivity index (χ1n) is 4.15. The van der Waals surface area contributed by atoms with Crippen molar-refractivity contribution in [2.24, 2.45) is 11.7 Å². The fourth-order valence-corrected chi connectivity index (χ4v) is 1.55. The summed E-state index contributed by atoms with van der Waals surface area (Å²) in [4.78, 5) is 12.8. The summed E-state index contributed by atoms with van der Waals surface area (Å²) in [5.74, 6) is 0.392. The van der Waals surface area contributed by atoms with Crippen molar-refractivity contribution >= 4 is 18.3 Å². The molecular formula is C8H17ClN2O. The van der Waals surface area contributed by atoms with E-state index in [4.69, 9.17) is 5.73 Å². The Hall–Kier alpha value is -0.280. The summed E-state index contributed by atoms with van der Waals surface area (Å²) in [7, 11) is 2.11. The van der Waals surface area contributed by atoms with Crippen LogP contribution < -0.4 is 5.73 Å². The molecule has 0 unspecified atom stereocenters. The van der Waals surface area contributed by atoms with Gasteiger partial charge in [-0.25, -0.2) is 0 Å². The number of hydrogen-bond donors (Lipinski definition) is 1. The number of carbonyl (C=O) groups excluding carboxylic acids is 1. The van der Waals surface area contributed by atoms with E-state index in [1.54, 1.807) is 0 Å². The predicted molar refractivity (Wildman–Crippen MR) is 51.3 cm³/mol. The number of rotatable bonds is 2. The Morgan fingerprint density at radius 1 is 1.50 bits per heavy atom. The van der Waals surface area contributed by atoms with Gasteiger partial charge in [0.2, 0.25) is 5.91 Å². The zero-order valence-electron chi connectivity index (χ0n) is 7.45. The van der Waals surface area contributed by atoms with Gasteiger partial charge < -0.3 is 10.6 Å². The minimum Gasteiger partial charge on any atom is -0.370 e. The molecule has 4 heteroatoms. The molecule has 1 amide bonds. The molecule has 0 bridgehead atoms. The lowest BCUT2D eigenvalue weighted by Crippen LogP contribution is -2.32. The number of nitrogens with two attached hydrogens (primary N) is 1. The monoisotopic (exact) mass is 192 g/mol. The molecule has 1 aliphatic rings. The average Bonchev–Trinajstić information content (AvgIpc) is 1.93. The van der Waals surface area contributed by atoms with Gasteiger partial charge in [0.15, 0.2) is 0 Å². The summed E-state index contributed by atoms with van der Waals surface area (Å²) >= 11 is 0. The topological polar surface area (TPSA) is 46.3 Å². The fraction of sp³-hybridized carbons (Fsp3) is 0.875. The normalized spacial score (nSPS) is 20.1. The smallest absolute Gasteiger partial charge is 0.217 e. The SMILES string of the molecule is CN1CCC(CC(N)=O)CC1.Cl. The maximum Gasteiger partial charge on any atom is 0.217 e. The van der Waals surface area contributed by atoms with Crippen LogP contribution in [0.1, 0.15) is 19.3 Å². The van der Waals surface area contributed by atoms with Gasteiger partial charge >= 0.3 is 0 Å². The number of hydrogen-bond acceptors (Lipinski definition) is 2. The molecule has 0 radical (unpaired) electrons. The lowest BCUT2D eigenvalue weighted by molar-refractivity contribution is -0.119. The lowest BCUT2D eigenvalue weighted by Gasteiger charge is -2.27. The molecule has 0 aliphatic carbocycles. The molecule has 1 saturated heterocycles. The number of primary amides is 1. The highest BCUT2D eigenvalue weighted by Gasteiger charge is 2.17. The van der Waals surface area contributed by atoms with Crippen LogP contribution >= 0.6 is 12.4 Å². The van der Waals surface area contributed by atoms with Gasteiger partial charge in [0.05, 0.1) is 0 Å². The van der Waals surface area contributed by atoms with Gasteiger partial charge in [-0.3, -0.25) is 4.79 Å². The van der Waals surface area contributed by atoms with Gasteiger partial charge in [-0.15, -0.1) is 12.4 Å². The summed E-state index contributed by atoms with van der Waals surface area (Å²) in [6.07, 6.45) is 2.83.